The second-order valence-corrected chi connectivity index (χ2v) is 6.96. The number of anilines is 2. The molecule has 2 rings (SSSR count). The van der Waals surface area contributed by atoms with E-state index in [1.165, 1.54) is 0 Å². The van der Waals surface area contributed by atoms with Crippen LogP contribution in [-0.4, -0.2) is 18.4 Å². The highest BCUT2D eigenvalue weighted by Crippen LogP contribution is 2.30. The van der Waals surface area contributed by atoms with Crippen LogP contribution >= 0.6 is 15.9 Å². The molecule has 2 N–H and O–H groups in total. The number of rotatable bonds is 7. The lowest BCUT2D eigenvalue weighted by molar-refractivity contribution is -0.118. The predicted octanol–water partition coefficient (Wildman–Crippen LogP) is 4.82. The van der Waals surface area contributed by atoms with Gasteiger partial charge in [-0.15, -0.1) is 0 Å². The molecule has 0 saturated heterocycles. The van der Waals surface area contributed by atoms with Crippen LogP contribution in [0.4, 0.5) is 11.4 Å². The highest BCUT2D eigenvalue weighted by molar-refractivity contribution is 9.10. The number of benzene rings is 2. The van der Waals surface area contributed by atoms with Crippen LogP contribution < -0.4 is 15.4 Å². The molecule has 0 atom stereocenters. The zero-order chi connectivity index (χ0) is 19.1. The van der Waals surface area contributed by atoms with Crippen LogP contribution in [0.1, 0.15) is 30.9 Å². The quantitative estimate of drug-likeness (QED) is 0.676. The van der Waals surface area contributed by atoms with Crippen molar-refractivity contribution in [2.24, 2.45) is 0 Å². The molecular formula is C20H23BrN2O3. The fraction of sp³-hybridized carbons (Fsp3) is 0.300. The average Bonchev–Trinajstić information content (AvgIpc) is 2.56. The van der Waals surface area contributed by atoms with E-state index in [4.69, 9.17) is 4.74 Å². The highest BCUT2D eigenvalue weighted by Gasteiger charge is 2.10. The van der Waals surface area contributed by atoms with E-state index in [0.717, 1.165) is 22.0 Å². The Morgan fingerprint density at radius 3 is 2.12 bits per heavy atom. The Labute approximate surface area is 162 Å². The molecule has 0 aromatic heterocycles. The van der Waals surface area contributed by atoms with E-state index in [1.807, 2.05) is 32.9 Å². The van der Waals surface area contributed by atoms with Gasteiger partial charge < -0.3 is 15.4 Å². The molecule has 5 nitrogen and oxygen atoms in total. The third-order valence-electron chi connectivity index (χ3n) is 3.65. The lowest BCUT2D eigenvalue weighted by Crippen LogP contribution is -2.20. The molecule has 0 unspecified atom stereocenters. The molecule has 0 radical (unpaired) electrons. The number of hydrogen-bond acceptors (Lipinski definition) is 3. The van der Waals surface area contributed by atoms with Crippen molar-refractivity contribution in [1.82, 2.24) is 0 Å². The number of aryl methyl sites for hydroxylation is 2. The van der Waals surface area contributed by atoms with E-state index < -0.39 is 0 Å². The Morgan fingerprint density at radius 1 is 1.00 bits per heavy atom. The van der Waals surface area contributed by atoms with E-state index >= 15 is 0 Å². The van der Waals surface area contributed by atoms with Crippen molar-refractivity contribution < 1.29 is 14.3 Å². The number of carbonyl (C=O) groups is 2. The summed E-state index contributed by atoms with van der Waals surface area (Å²) in [7, 11) is 0. The molecule has 0 bridgehead atoms. The number of amides is 2. The maximum absolute atomic E-state index is 12.1. The van der Waals surface area contributed by atoms with Crippen molar-refractivity contribution in [1.29, 1.82) is 0 Å². The molecule has 2 aromatic carbocycles. The summed E-state index contributed by atoms with van der Waals surface area (Å²) >= 11 is 3.46. The third kappa shape index (κ3) is 5.88. The third-order valence-corrected chi connectivity index (χ3v) is 4.24. The summed E-state index contributed by atoms with van der Waals surface area (Å²) in [4.78, 5) is 23.7. The summed E-state index contributed by atoms with van der Waals surface area (Å²) in [6.45, 7) is 5.81. The first-order valence-electron chi connectivity index (χ1n) is 8.48. The molecule has 2 aromatic rings. The fourth-order valence-electron chi connectivity index (χ4n) is 2.51. The highest BCUT2D eigenvalue weighted by atomic mass is 79.9. The number of nitrogens with one attached hydrogen (secondary N) is 2. The van der Waals surface area contributed by atoms with Gasteiger partial charge in [0.15, 0.2) is 6.61 Å². The molecule has 0 aliphatic carbocycles. The number of halogens is 1. The molecule has 6 heteroatoms. The van der Waals surface area contributed by atoms with Crippen LogP contribution in [-0.2, 0) is 9.59 Å². The Bertz CT molecular complexity index is 765. The lowest BCUT2D eigenvalue weighted by atomic mass is 10.1. The predicted molar refractivity (Wildman–Crippen MR) is 108 cm³/mol. The van der Waals surface area contributed by atoms with Crippen molar-refractivity contribution in [2.75, 3.05) is 17.2 Å². The molecule has 26 heavy (non-hydrogen) atoms. The lowest BCUT2D eigenvalue weighted by Gasteiger charge is -2.12. The minimum atomic E-state index is -0.250. The van der Waals surface area contributed by atoms with Crippen molar-refractivity contribution in [3.63, 3.8) is 0 Å². The summed E-state index contributed by atoms with van der Waals surface area (Å²) in [5.74, 6) is 0.399. The molecule has 138 valence electrons. The zero-order valence-electron chi connectivity index (χ0n) is 15.2. The molecule has 0 aliphatic rings. The van der Waals surface area contributed by atoms with Crippen LogP contribution in [0.25, 0.3) is 0 Å². The second kappa shape index (κ2) is 9.38. The average molecular weight is 419 g/mol. The summed E-state index contributed by atoms with van der Waals surface area (Å²) in [5, 5.41) is 5.58. The van der Waals surface area contributed by atoms with E-state index in [2.05, 4.69) is 26.6 Å². The summed E-state index contributed by atoms with van der Waals surface area (Å²) in [5.41, 5.74) is 3.44. The molecule has 0 heterocycles. The maximum atomic E-state index is 12.1. The standard InChI is InChI=1S/C20H23BrN2O3/c1-4-5-18(24)22-15-6-8-16(9-7-15)23-19(25)12-26-20-14(3)10-13(2)11-17(20)21/h6-11H,4-5,12H2,1-3H3,(H,22,24)(H,23,25). The normalized spacial score (nSPS) is 10.3. The van der Waals surface area contributed by atoms with E-state index in [1.54, 1.807) is 24.3 Å². The van der Waals surface area contributed by atoms with Gasteiger partial charge in [0.2, 0.25) is 5.91 Å². The van der Waals surface area contributed by atoms with Crippen molar-refractivity contribution in [3.05, 3.63) is 52.0 Å². The van der Waals surface area contributed by atoms with Gasteiger partial charge in [0.25, 0.3) is 5.91 Å². The van der Waals surface area contributed by atoms with E-state index in [9.17, 15) is 9.59 Å². The van der Waals surface area contributed by atoms with Gasteiger partial charge in [-0.3, -0.25) is 9.59 Å². The van der Waals surface area contributed by atoms with Crippen molar-refractivity contribution in [3.8, 4) is 5.75 Å². The largest absolute Gasteiger partial charge is 0.482 e. The molecular weight excluding hydrogens is 396 g/mol. The van der Waals surface area contributed by atoms with Crippen molar-refractivity contribution in [2.45, 2.75) is 33.6 Å². The van der Waals surface area contributed by atoms with Crippen LogP contribution in [0.3, 0.4) is 0 Å². The first-order chi connectivity index (χ1) is 12.4. The Balaban J connectivity index is 1.89. The summed E-state index contributed by atoms with van der Waals surface area (Å²) in [6.07, 6.45) is 1.29. The van der Waals surface area contributed by atoms with Gasteiger partial charge in [0.05, 0.1) is 4.47 Å². The molecule has 0 fully saturated rings. The number of carbonyl (C=O) groups excluding carboxylic acids is 2. The van der Waals surface area contributed by atoms with Gasteiger partial charge in [-0.25, -0.2) is 0 Å². The maximum Gasteiger partial charge on any atom is 0.262 e. The SMILES string of the molecule is CCCC(=O)Nc1ccc(NC(=O)COc2c(C)cc(C)cc2Br)cc1. The molecule has 0 saturated carbocycles. The first kappa shape index (κ1) is 20.0. The Hall–Kier alpha value is -2.34. The molecule has 2 amide bonds. The number of ether oxygens (including phenoxy) is 1. The zero-order valence-corrected chi connectivity index (χ0v) is 16.8. The van der Waals surface area contributed by atoms with Crippen molar-refractivity contribution >= 4 is 39.1 Å². The van der Waals surface area contributed by atoms with E-state index in [-0.39, 0.29) is 18.4 Å². The van der Waals surface area contributed by atoms with Crippen LogP contribution in [0, 0.1) is 13.8 Å². The van der Waals surface area contributed by atoms with Crippen LogP contribution in [0.5, 0.6) is 5.75 Å². The minimum absolute atomic E-state index is 0.0169. The fourth-order valence-corrected chi connectivity index (χ4v) is 3.30. The topological polar surface area (TPSA) is 67.4 Å². The van der Waals surface area contributed by atoms with Gasteiger partial charge in [-0.2, -0.15) is 0 Å². The molecule has 0 aliphatic heterocycles. The van der Waals surface area contributed by atoms with Gasteiger partial charge in [-0.1, -0.05) is 13.0 Å². The monoisotopic (exact) mass is 418 g/mol. The van der Waals surface area contributed by atoms with Crippen LogP contribution in [0.15, 0.2) is 40.9 Å². The Morgan fingerprint density at radius 2 is 1.58 bits per heavy atom. The molecule has 0 spiro atoms. The van der Waals surface area contributed by atoms with Gasteiger partial charge in [0, 0.05) is 17.8 Å². The second-order valence-electron chi connectivity index (χ2n) is 6.11. The smallest absolute Gasteiger partial charge is 0.262 e. The van der Waals surface area contributed by atoms with Crippen LogP contribution in [0.2, 0.25) is 0 Å². The van der Waals surface area contributed by atoms with Gasteiger partial charge in [-0.05, 0) is 77.7 Å². The summed E-state index contributed by atoms with van der Waals surface area (Å²) < 4.78 is 6.47. The van der Waals surface area contributed by atoms with E-state index in [0.29, 0.717) is 23.5 Å². The first-order valence-corrected chi connectivity index (χ1v) is 9.27. The Kier molecular flexibility index (Phi) is 7.21. The van der Waals surface area contributed by atoms with Gasteiger partial charge in [0.1, 0.15) is 5.75 Å². The van der Waals surface area contributed by atoms with Gasteiger partial charge >= 0.3 is 0 Å². The number of hydrogen-bond donors (Lipinski definition) is 2. The minimum Gasteiger partial charge on any atom is -0.482 e. The summed E-state index contributed by atoms with van der Waals surface area (Å²) in [6, 6.07) is 10.9.